The summed E-state index contributed by atoms with van der Waals surface area (Å²) in [7, 11) is 0. The van der Waals surface area contributed by atoms with Crippen LogP contribution in [-0.2, 0) is 25.4 Å². The van der Waals surface area contributed by atoms with Gasteiger partial charge in [-0.25, -0.2) is 29.6 Å². The first-order valence-corrected chi connectivity index (χ1v) is 12.6. The van der Waals surface area contributed by atoms with Crippen molar-refractivity contribution in [1.82, 2.24) is 20.0 Å². The van der Waals surface area contributed by atoms with Crippen LogP contribution < -0.4 is 0 Å². The zero-order valence-corrected chi connectivity index (χ0v) is 21.4. The fourth-order valence-corrected chi connectivity index (χ4v) is 5.73. The number of halogens is 6. The molecule has 1 fully saturated rings. The minimum absolute atomic E-state index is 0.155. The van der Waals surface area contributed by atoms with Crippen LogP contribution in [0, 0.1) is 11.3 Å². The number of carbonyl (C=O) groups excluding carboxylic acids is 2. The standard InChI is InChI=1S/C29H19F6N5O2/c30-28(31,32)22-11-5-1-7-17(22)15-37-26(41)39-24-13-19(14-36)25(21-10-4-3-9-20(21)24)40(39)27(42)38(37)16-18-8-2-6-12-23(18)29(33,34)35/h1-13,24-25H,15-16H2. The number of hydrogen-bond acceptors (Lipinski definition) is 3. The SMILES string of the molecule is N#CC1=CC2c3ccccc3C1N1C(=O)N(Cc3ccccc3C(F)(F)F)N(Cc3ccccc3C(F)(F)F)C(=O)N21. The van der Waals surface area contributed by atoms with Gasteiger partial charge in [-0.1, -0.05) is 60.7 Å². The highest BCUT2D eigenvalue weighted by Gasteiger charge is 2.56. The summed E-state index contributed by atoms with van der Waals surface area (Å²) in [4.78, 5) is 28.3. The topological polar surface area (TPSA) is 70.9 Å². The molecule has 42 heavy (non-hydrogen) atoms. The van der Waals surface area contributed by atoms with Gasteiger partial charge in [-0.15, -0.1) is 0 Å². The van der Waals surface area contributed by atoms with Crippen molar-refractivity contribution in [3.8, 4) is 6.07 Å². The minimum atomic E-state index is -4.81. The van der Waals surface area contributed by atoms with E-state index in [9.17, 15) is 41.2 Å². The van der Waals surface area contributed by atoms with Crippen molar-refractivity contribution in [1.29, 1.82) is 5.26 Å². The highest BCUT2D eigenvalue weighted by Crippen LogP contribution is 2.51. The Balaban J connectivity index is 1.50. The molecule has 2 unspecified atom stereocenters. The van der Waals surface area contributed by atoms with Crippen molar-refractivity contribution in [3.63, 3.8) is 0 Å². The highest BCUT2D eigenvalue weighted by molar-refractivity contribution is 5.89. The van der Waals surface area contributed by atoms with Gasteiger partial charge in [-0.2, -0.15) is 31.6 Å². The molecule has 2 bridgehead atoms. The molecule has 0 radical (unpaired) electrons. The molecule has 0 N–H and O–H groups in total. The molecule has 3 aromatic rings. The Kier molecular flexibility index (Phi) is 6.18. The van der Waals surface area contributed by atoms with Crippen LogP contribution in [0.5, 0.6) is 0 Å². The molecule has 3 aromatic carbocycles. The first kappa shape index (κ1) is 27.2. The number of alkyl halides is 6. The number of nitrogens with zero attached hydrogens (tertiary/aromatic N) is 5. The second-order valence-corrected chi connectivity index (χ2v) is 9.89. The van der Waals surface area contributed by atoms with Crippen LogP contribution in [0.15, 0.2) is 84.4 Å². The average Bonchev–Trinajstić information content (AvgIpc) is 2.96. The predicted octanol–water partition coefficient (Wildman–Crippen LogP) is 6.98. The molecule has 2 atom stereocenters. The van der Waals surface area contributed by atoms with E-state index in [0.717, 1.165) is 44.3 Å². The lowest BCUT2D eigenvalue weighted by Gasteiger charge is -2.57. The summed E-state index contributed by atoms with van der Waals surface area (Å²) in [6.45, 7) is -1.53. The Morgan fingerprint density at radius 2 is 1.12 bits per heavy atom. The number of urea groups is 2. The summed E-state index contributed by atoms with van der Waals surface area (Å²) in [5.74, 6) is 0. The van der Waals surface area contributed by atoms with Gasteiger partial charge in [0.25, 0.3) is 0 Å². The van der Waals surface area contributed by atoms with Gasteiger partial charge in [0.05, 0.1) is 35.9 Å². The summed E-state index contributed by atoms with van der Waals surface area (Å²) >= 11 is 0. The van der Waals surface area contributed by atoms with Crippen LogP contribution in [0.3, 0.4) is 0 Å². The molecule has 0 aromatic heterocycles. The van der Waals surface area contributed by atoms with Crippen molar-refractivity contribution < 1.29 is 35.9 Å². The molecule has 4 amide bonds. The normalized spacial score (nSPS) is 19.9. The van der Waals surface area contributed by atoms with Gasteiger partial charge < -0.3 is 0 Å². The molecule has 3 aliphatic heterocycles. The van der Waals surface area contributed by atoms with E-state index >= 15 is 0 Å². The van der Waals surface area contributed by atoms with Crippen LogP contribution in [0.25, 0.3) is 0 Å². The summed E-state index contributed by atoms with van der Waals surface area (Å²) in [5.41, 5.74) is -1.51. The second-order valence-electron chi connectivity index (χ2n) is 9.89. The summed E-state index contributed by atoms with van der Waals surface area (Å²) in [6.07, 6.45) is -8.10. The number of rotatable bonds is 4. The molecule has 13 heteroatoms. The molecular formula is C29H19F6N5O2. The van der Waals surface area contributed by atoms with E-state index in [2.05, 4.69) is 0 Å². The largest absolute Gasteiger partial charge is 0.416 e. The van der Waals surface area contributed by atoms with E-state index < -0.39 is 60.7 Å². The van der Waals surface area contributed by atoms with Crippen LogP contribution in [-0.4, -0.2) is 32.1 Å². The van der Waals surface area contributed by atoms with E-state index in [0.29, 0.717) is 11.1 Å². The van der Waals surface area contributed by atoms with Crippen molar-refractivity contribution in [2.45, 2.75) is 37.5 Å². The predicted molar refractivity (Wildman–Crippen MR) is 134 cm³/mol. The number of carbonyl (C=O) groups is 2. The molecule has 0 saturated carbocycles. The van der Waals surface area contributed by atoms with Crippen LogP contribution in [0.4, 0.5) is 35.9 Å². The maximum Gasteiger partial charge on any atom is 0.416 e. The zero-order chi connectivity index (χ0) is 30.0. The third-order valence-corrected chi connectivity index (χ3v) is 7.52. The Hall–Kier alpha value is -4.99. The smallest absolute Gasteiger partial charge is 0.244 e. The molecule has 1 saturated heterocycles. The van der Waals surface area contributed by atoms with Crippen LogP contribution >= 0.6 is 0 Å². The number of hydrogen-bond donors (Lipinski definition) is 0. The van der Waals surface area contributed by atoms with Gasteiger partial charge in [0, 0.05) is 0 Å². The Morgan fingerprint density at radius 1 is 0.667 bits per heavy atom. The fourth-order valence-electron chi connectivity index (χ4n) is 5.73. The number of amides is 4. The van der Waals surface area contributed by atoms with E-state index in [4.69, 9.17) is 0 Å². The van der Waals surface area contributed by atoms with Crippen molar-refractivity contribution in [3.05, 3.63) is 118 Å². The second kappa shape index (κ2) is 9.54. The van der Waals surface area contributed by atoms with E-state index in [-0.39, 0.29) is 16.7 Å². The Bertz CT molecular complexity index is 1680. The fraction of sp³-hybridized carbons (Fsp3) is 0.207. The lowest BCUT2D eigenvalue weighted by molar-refractivity contribution is -0.142. The highest BCUT2D eigenvalue weighted by atomic mass is 19.4. The Morgan fingerprint density at radius 3 is 1.62 bits per heavy atom. The molecule has 0 spiro atoms. The molecule has 7 nitrogen and oxygen atoms in total. The van der Waals surface area contributed by atoms with E-state index in [1.807, 2.05) is 6.07 Å². The number of nitriles is 1. The zero-order valence-electron chi connectivity index (χ0n) is 21.4. The van der Waals surface area contributed by atoms with E-state index in [1.54, 1.807) is 24.3 Å². The molecule has 4 aliphatic rings. The van der Waals surface area contributed by atoms with Crippen LogP contribution in [0.1, 0.15) is 45.5 Å². The third-order valence-electron chi connectivity index (χ3n) is 7.52. The lowest BCUT2D eigenvalue weighted by atomic mass is 9.81. The summed E-state index contributed by atoms with van der Waals surface area (Å²) in [6, 6.07) is 13.8. The quantitative estimate of drug-likeness (QED) is 0.312. The van der Waals surface area contributed by atoms with Gasteiger partial charge >= 0.3 is 24.4 Å². The first-order chi connectivity index (χ1) is 19.9. The summed E-state index contributed by atoms with van der Waals surface area (Å²) in [5, 5.41) is 13.4. The molecule has 214 valence electrons. The van der Waals surface area contributed by atoms with Gasteiger partial charge in [0.15, 0.2) is 0 Å². The van der Waals surface area contributed by atoms with Crippen LogP contribution in [0.2, 0.25) is 0 Å². The van der Waals surface area contributed by atoms with Crippen molar-refractivity contribution in [2.75, 3.05) is 0 Å². The monoisotopic (exact) mass is 583 g/mol. The van der Waals surface area contributed by atoms with E-state index in [1.165, 1.54) is 30.3 Å². The minimum Gasteiger partial charge on any atom is -0.244 e. The number of benzene rings is 3. The third kappa shape index (κ3) is 4.22. The van der Waals surface area contributed by atoms with Gasteiger partial charge in [-0.05, 0) is 40.5 Å². The molecule has 7 rings (SSSR count). The molecule has 1 aliphatic carbocycles. The maximum atomic E-state index is 14.2. The van der Waals surface area contributed by atoms with Gasteiger partial charge in [0.1, 0.15) is 12.1 Å². The Labute approximate surface area is 235 Å². The van der Waals surface area contributed by atoms with Crippen molar-refractivity contribution in [2.24, 2.45) is 0 Å². The maximum absolute atomic E-state index is 14.2. The molecule has 3 heterocycles. The number of hydrazine groups is 2. The lowest BCUT2D eigenvalue weighted by Crippen LogP contribution is -2.71. The molecular weight excluding hydrogens is 564 g/mol. The first-order valence-electron chi connectivity index (χ1n) is 12.6. The average molecular weight is 583 g/mol. The van der Waals surface area contributed by atoms with Crippen molar-refractivity contribution >= 4 is 12.1 Å². The summed E-state index contributed by atoms with van der Waals surface area (Å²) < 4.78 is 83.3. The van der Waals surface area contributed by atoms with Gasteiger partial charge in [0.2, 0.25) is 0 Å². The van der Waals surface area contributed by atoms with Gasteiger partial charge in [-0.3, -0.25) is 0 Å².